The third kappa shape index (κ3) is 3.88. The first-order chi connectivity index (χ1) is 15.4. The Morgan fingerprint density at radius 2 is 2.12 bits per heavy atom. The van der Waals surface area contributed by atoms with Gasteiger partial charge in [0.05, 0.1) is 7.11 Å². The van der Waals surface area contributed by atoms with Crippen LogP contribution in [0.25, 0.3) is 22.5 Å². The highest BCUT2D eigenvalue weighted by atomic mass is 16.5. The summed E-state index contributed by atoms with van der Waals surface area (Å²) in [5.41, 5.74) is 7.18. The summed E-state index contributed by atoms with van der Waals surface area (Å²) in [6, 6.07) is 10.5. The Morgan fingerprint density at radius 3 is 2.81 bits per heavy atom. The Hall–Kier alpha value is -3.21. The van der Waals surface area contributed by atoms with E-state index in [9.17, 15) is 0 Å². The van der Waals surface area contributed by atoms with E-state index in [2.05, 4.69) is 66.8 Å². The number of rotatable bonds is 8. The first-order valence-electron chi connectivity index (χ1n) is 11.3. The van der Waals surface area contributed by atoms with Crippen LogP contribution in [0.2, 0.25) is 0 Å². The van der Waals surface area contributed by atoms with Gasteiger partial charge in [0.2, 0.25) is 0 Å². The maximum Gasteiger partial charge on any atom is 0.153 e. The van der Waals surface area contributed by atoms with Gasteiger partial charge in [-0.1, -0.05) is 39.5 Å². The minimum absolute atomic E-state index is 0.153. The summed E-state index contributed by atoms with van der Waals surface area (Å²) < 4.78 is 11.9. The lowest BCUT2D eigenvalue weighted by molar-refractivity contribution is 0.260. The molecule has 0 fully saturated rings. The van der Waals surface area contributed by atoms with Crippen LogP contribution in [0.5, 0.6) is 5.75 Å². The molecule has 5 heteroatoms. The monoisotopic (exact) mass is 431 g/mol. The van der Waals surface area contributed by atoms with Crippen molar-refractivity contribution in [3.8, 4) is 5.75 Å². The van der Waals surface area contributed by atoms with E-state index in [1.807, 2.05) is 25.4 Å². The summed E-state index contributed by atoms with van der Waals surface area (Å²) in [4.78, 5) is 7.09. The number of nitrogens with zero attached hydrogens (tertiary/aromatic N) is 2. The van der Waals surface area contributed by atoms with Gasteiger partial charge in [0.15, 0.2) is 5.58 Å². The molecule has 1 N–H and O–H groups in total. The predicted octanol–water partition coefficient (Wildman–Crippen LogP) is 5.96. The van der Waals surface area contributed by atoms with Gasteiger partial charge in [-0.15, -0.1) is 0 Å². The number of hydrogen-bond donors (Lipinski definition) is 1. The number of furan rings is 1. The summed E-state index contributed by atoms with van der Waals surface area (Å²) in [5, 5.41) is 3.08. The molecule has 0 radical (unpaired) electrons. The van der Waals surface area contributed by atoms with E-state index in [0.29, 0.717) is 0 Å². The molecule has 0 bridgehead atoms. The van der Waals surface area contributed by atoms with Crippen molar-refractivity contribution in [2.75, 3.05) is 20.7 Å². The average molecular weight is 432 g/mol. The molecule has 168 valence electrons. The molecule has 1 atom stereocenters. The van der Waals surface area contributed by atoms with Crippen LogP contribution in [0.1, 0.15) is 56.1 Å². The molecule has 2 aromatic heterocycles. The zero-order valence-corrected chi connectivity index (χ0v) is 19.8. The van der Waals surface area contributed by atoms with Gasteiger partial charge < -0.3 is 19.4 Å². The number of methoxy groups -OCH3 is 1. The molecule has 1 aromatic carbocycles. The largest absolute Gasteiger partial charge is 0.497 e. The molecule has 4 rings (SSSR count). The Balaban J connectivity index is 1.67. The van der Waals surface area contributed by atoms with Crippen molar-refractivity contribution in [3.05, 3.63) is 71.6 Å². The second kappa shape index (κ2) is 8.73. The van der Waals surface area contributed by atoms with E-state index < -0.39 is 0 Å². The van der Waals surface area contributed by atoms with Crippen LogP contribution in [0, 0.1) is 0 Å². The molecule has 0 spiro atoms. The highest BCUT2D eigenvalue weighted by Crippen LogP contribution is 2.40. The third-order valence-electron chi connectivity index (χ3n) is 6.63. The van der Waals surface area contributed by atoms with Gasteiger partial charge in [0.1, 0.15) is 17.0 Å². The average Bonchev–Trinajstić information content (AvgIpc) is 3.39. The molecular weight excluding hydrogens is 398 g/mol. The molecule has 5 nitrogen and oxygen atoms in total. The Bertz CT molecular complexity index is 1180. The molecule has 0 saturated heterocycles. The predicted molar refractivity (Wildman–Crippen MR) is 131 cm³/mol. The molecule has 32 heavy (non-hydrogen) atoms. The number of allylic oxidation sites excluding steroid dienone is 1. The van der Waals surface area contributed by atoms with Crippen LogP contribution < -0.4 is 10.1 Å². The Labute approximate surface area is 190 Å². The highest BCUT2D eigenvalue weighted by Gasteiger charge is 2.35. The number of ether oxygens (including phenoxy) is 1. The van der Waals surface area contributed by atoms with Gasteiger partial charge in [-0.3, -0.25) is 4.98 Å². The van der Waals surface area contributed by atoms with Crippen molar-refractivity contribution in [3.63, 3.8) is 0 Å². The summed E-state index contributed by atoms with van der Waals surface area (Å²) >= 11 is 0. The number of benzene rings is 1. The minimum atomic E-state index is -0.153. The Morgan fingerprint density at radius 1 is 1.31 bits per heavy atom. The standard InChI is InChI=1S/C27H33N3O2/c1-7-9-24-22-13-21(31-6)11-10-19(22)16-30(24)17-27(4,8-2)26-14-23-25(32-26)12-20(15-29-23)18(3)28-5/h9-15,28H,3,7-8,16-17H2,1-2,4-6H3/b24-9-/t27-/m1/s1. The first-order valence-corrected chi connectivity index (χ1v) is 11.3. The molecule has 3 heterocycles. The number of hydrogen-bond acceptors (Lipinski definition) is 5. The summed E-state index contributed by atoms with van der Waals surface area (Å²) in [6.45, 7) is 12.5. The topological polar surface area (TPSA) is 50.5 Å². The van der Waals surface area contributed by atoms with E-state index in [4.69, 9.17) is 9.15 Å². The molecule has 0 saturated carbocycles. The number of pyridine rings is 1. The van der Waals surface area contributed by atoms with Crippen LogP contribution in [-0.2, 0) is 12.0 Å². The van der Waals surface area contributed by atoms with Crippen molar-refractivity contribution in [1.29, 1.82) is 0 Å². The van der Waals surface area contributed by atoms with Crippen LogP contribution in [0.4, 0.5) is 0 Å². The molecular formula is C27H33N3O2. The molecule has 0 aliphatic carbocycles. The molecule has 0 amide bonds. The van der Waals surface area contributed by atoms with Gasteiger partial charge in [-0.05, 0) is 36.6 Å². The second-order valence-corrected chi connectivity index (χ2v) is 8.74. The summed E-state index contributed by atoms with van der Waals surface area (Å²) in [6.07, 6.45) is 6.10. The maximum atomic E-state index is 6.38. The Kier molecular flexibility index (Phi) is 6.00. The number of aromatic nitrogens is 1. The number of fused-ring (bicyclic) bond motifs is 2. The fourth-order valence-electron chi connectivity index (χ4n) is 4.40. The first kappa shape index (κ1) is 22.0. The van der Waals surface area contributed by atoms with Gasteiger partial charge in [0.25, 0.3) is 0 Å². The molecule has 0 unspecified atom stereocenters. The van der Waals surface area contributed by atoms with Crippen LogP contribution >= 0.6 is 0 Å². The quantitative estimate of drug-likeness (QED) is 0.477. The fourth-order valence-corrected chi connectivity index (χ4v) is 4.40. The van der Waals surface area contributed by atoms with Gasteiger partial charge in [0, 0.05) is 60.3 Å². The van der Waals surface area contributed by atoms with Crippen molar-refractivity contribution >= 4 is 22.5 Å². The lowest BCUT2D eigenvalue weighted by atomic mass is 9.84. The van der Waals surface area contributed by atoms with E-state index in [1.54, 1.807) is 7.11 Å². The van der Waals surface area contributed by atoms with Crippen molar-refractivity contribution < 1.29 is 9.15 Å². The van der Waals surface area contributed by atoms with E-state index in [0.717, 1.165) is 59.8 Å². The summed E-state index contributed by atoms with van der Waals surface area (Å²) in [7, 11) is 3.58. The van der Waals surface area contributed by atoms with Crippen molar-refractivity contribution in [1.82, 2.24) is 15.2 Å². The maximum absolute atomic E-state index is 6.38. The molecule has 1 aliphatic rings. The zero-order valence-electron chi connectivity index (χ0n) is 19.8. The minimum Gasteiger partial charge on any atom is -0.497 e. The van der Waals surface area contributed by atoms with E-state index >= 15 is 0 Å². The van der Waals surface area contributed by atoms with Gasteiger partial charge in [-0.2, -0.15) is 0 Å². The highest BCUT2D eigenvalue weighted by molar-refractivity contribution is 5.78. The van der Waals surface area contributed by atoms with Crippen LogP contribution in [0.15, 0.2) is 53.6 Å². The summed E-state index contributed by atoms with van der Waals surface area (Å²) in [5.74, 6) is 1.87. The number of nitrogens with one attached hydrogen (secondary N) is 1. The van der Waals surface area contributed by atoms with Gasteiger partial charge in [-0.25, -0.2) is 0 Å². The molecule has 1 aliphatic heterocycles. The second-order valence-electron chi connectivity index (χ2n) is 8.74. The van der Waals surface area contributed by atoms with Crippen molar-refractivity contribution in [2.45, 2.75) is 45.6 Å². The zero-order chi connectivity index (χ0) is 22.9. The van der Waals surface area contributed by atoms with Crippen LogP contribution in [0.3, 0.4) is 0 Å². The normalized spacial score (nSPS) is 16.3. The van der Waals surface area contributed by atoms with Crippen molar-refractivity contribution in [2.24, 2.45) is 0 Å². The SMILES string of the molecule is C=C(NC)c1cnc2cc([C@](C)(CC)CN3Cc4ccc(OC)cc4/C3=C/CC)oc2c1. The smallest absolute Gasteiger partial charge is 0.153 e. The third-order valence-corrected chi connectivity index (χ3v) is 6.63. The molecule has 3 aromatic rings. The van der Waals surface area contributed by atoms with Crippen LogP contribution in [-0.4, -0.2) is 30.6 Å². The fraction of sp³-hybridized carbons (Fsp3) is 0.370. The lowest BCUT2D eigenvalue weighted by Crippen LogP contribution is -2.35. The van der Waals surface area contributed by atoms with E-state index in [1.165, 1.54) is 16.8 Å². The lowest BCUT2D eigenvalue weighted by Gasteiger charge is -2.33. The van der Waals surface area contributed by atoms with Gasteiger partial charge >= 0.3 is 0 Å². The van der Waals surface area contributed by atoms with E-state index in [-0.39, 0.29) is 5.41 Å².